The Morgan fingerprint density at radius 2 is 2.04 bits per heavy atom. The fourth-order valence-corrected chi connectivity index (χ4v) is 3.64. The molecule has 0 aliphatic carbocycles. The van der Waals surface area contributed by atoms with Crippen molar-refractivity contribution < 1.29 is 9.13 Å². The first-order valence-corrected chi connectivity index (χ1v) is 8.77. The SMILES string of the molecule is COc1ccc([C@@H]2[C@@H](CN[C@@H](C)c3ccc(F)cn3)CCN2C)cc1. The maximum Gasteiger partial charge on any atom is 0.141 e. The smallest absolute Gasteiger partial charge is 0.141 e. The number of aromatic nitrogens is 1. The van der Waals surface area contributed by atoms with E-state index < -0.39 is 0 Å². The van der Waals surface area contributed by atoms with Crippen LogP contribution in [0.3, 0.4) is 0 Å². The number of likely N-dealkylation sites (tertiary alicyclic amines) is 1. The maximum absolute atomic E-state index is 13.0. The lowest BCUT2D eigenvalue weighted by molar-refractivity contribution is 0.268. The molecule has 0 unspecified atom stereocenters. The topological polar surface area (TPSA) is 37.4 Å². The minimum absolute atomic E-state index is 0.100. The second-order valence-electron chi connectivity index (χ2n) is 6.78. The Hall–Kier alpha value is -1.98. The molecule has 1 aromatic carbocycles. The summed E-state index contributed by atoms with van der Waals surface area (Å²) in [7, 11) is 3.87. The Kier molecular flexibility index (Phi) is 5.66. The summed E-state index contributed by atoms with van der Waals surface area (Å²) < 4.78 is 18.3. The summed E-state index contributed by atoms with van der Waals surface area (Å²) >= 11 is 0. The second kappa shape index (κ2) is 7.93. The Balaban J connectivity index is 1.65. The number of hydrogen-bond donors (Lipinski definition) is 1. The van der Waals surface area contributed by atoms with E-state index in [4.69, 9.17) is 4.74 Å². The number of pyridine rings is 1. The van der Waals surface area contributed by atoms with Crippen molar-refractivity contribution in [1.29, 1.82) is 0 Å². The van der Waals surface area contributed by atoms with Gasteiger partial charge in [0.15, 0.2) is 0 Å². The van der Waals surface area contributed by atoms with Gasteiger partial charge in [0.25, 0.3) is 0 Å². The molecular weight excluding hydrogens is 317 g/mol. The van der Waals surface area contributed by atoms with Crippen LogP contribution in [0, 0.1) is 11.7 Å². The van der Waals surface area contributed by atoms with Gasteiger partial charge in [-0.1, -0.05) is 12.1 Å². The number of halogens is 1. The molecule has 0 radical (unpaired) electrons. The van der Waals surface area contributed by atoms with Gasteiger partial charge < -0.3 is 10.1 Å². The predicted octanol–water partition coefficient (Wildman–Crippen LogP) is 3.57. The normalized spacial score (nSPS) is 22.1. The molecule has 0 bridgehead atoms. The summed E-state index contributed by atoms with van der Waals surface area (Å²) in [6.07, 6.45) is 2.43. The van der Waals surface area contributed by atoms with E-state index in [2.05, 4.69) is 41.3 Å². The molecule has 134 valence electrons. The van der Waals surface area contributed by atoms with E-state index in [0.717, 1.165) is 31.0 Å². The van der Waals surface area contributed by atoms with Gasteiger partial charge in [0.2, 0.25) is 0 Å². The largest absolute Gasteiger partial charge is 0.497 e. The second-order valence-corrected chi connectivity index (χ2v) is 6.78. The van der Waals surface area contributed by atoms with Gasteiger partial charge in [-0.2, -0.15) is 0 Å². The Morgan fingerprint density at radius 3 is 2.68 bits per heavy atom. The van der Waals surface area contributed by atoms with Gasteiger partial charge >= 0.3 is 0 Å². The van der Waals surface area contributed by atoms with Gasteiger partial charge in [-0.25, -0.2) is 4.39 Å². The fourth-order valence-electron chi connectivity index (χ4n) is 3.64. The van der Waals surface area contributed by atoms with Crippen LogP contribution in [-0.4, -0.2) is 37.1 Å². The van der Waals surface area contributed by atoms with Crippen LogP contribution in [0.1, 0.15) is 36.7 Å². The van der Waals surface area contributed by atoms with Crippen molar-refractivity contribution in [2.24, 2.45) is 5.92 Å². The van der Waals surface area contributed by atoms with Crippen molar-refractivity contribution >= 4 is 0 Å². The lowest BCUT2D eigenvalue weighted by Gasteiger charge is -2.27. The van der Waals surface area contributed by atoms with E-state index in [1.54, 1.807) is 13.2 Å². The van der Waals surface area contributed by atoms with Crippen LogP contribution in [0.4, 0.5) is 4.39 Å². The Morgan fingerprint density at radius 1 is 1.28 bits per heavy atom. The van der Waals surface area contributed by atoms with E-state index in [1.165, 1.54) is 17.8 Å². The average molecular weight is 343 g/mol. The highest BCUT2D eigenvalue weighted by atomic mass is 19.1. The van der Waals surface area contributed by atoms with Crippen LogP contribution < -0.4 is 10.1 Å². The number of ether oxygens (including phenoxy) is 1. The minimum Gasteiger partial charge on any atom is -0.497 e. The summed E-state index contributed by atoms with van der Waals surface area (Å²) in [4.78, 5) is 6.58. The van der Waals surface area contributed by atoms with Gasteiger partial charge in [0.1, 0.15) is 11.6 Å². The molecule has 2 heterocycles. The third-order valence-electron chi connectivity index (χ3n) is 5.11. The summed E-state index contributed by atoms with van der Waals surface area (Å²) in [5, 5.41) is 3.57. The van der Waals surface area contributed by atoms with Crippen LogP contribution in [0.25, 0.3) is 0 Å². The summed E-state index contributed by atoms with van der Waals surface area (Å²) in [6, 6.07) is 12.1. The summed E-state index contributed by atoms with van der Waals surface area (Å²) in [5.41, 5.74) is 2.19. The third kappa shape index (κ3) is 4.17. The molecule has 1 aliphatic heterocycles. The van der Waals surface area contributed by atoms with Gasteiger partial charge in [-0.15, -0.1) is 0 Å². The number of nitrogens with one attached hydrogen (secondary N) is 1. The Bertz CT molecular complexity index is 674. The van der Waals surface area contributed by atoms with Gasteiger partial charge in [0.05, 0.1) is 19.0 Å². The van der Waals surface area contributed by atoms with Gasteiger partial charge in [-0.05, 0) is 62.7 Å². The van der Waals surface area contributed by atoms with E-state index in [9.17, 15) is 4.39 Å². The predicted molar refractivity (Wildman–Crippen MR) is 97.1 cm³/mol. The number of benzene rings is 1. The molecule has 3 atom stereocenters. The molecule has 1 saturated heterocycles. The van der Waals surface area contributed by atoms with Crippen LogP contribution in [0.15, 0.2) is 42.6 Å². The first-order chi connectivity index (χ1) is 12.1. The first-order valence-electron chi connectivity index (χ1n) is 8.77. The van der Waals surface area contributed by atoms with Crippen LogP contribution in [0.2, 0.25) is 0 Å². The van der Waals surface area contributed by atoms with E-state index >= 15 is 0 Å². The van der Waals surface area contributed by atoms with Crippen molar-refractivity contribution in [1.82, 2.24) is 15.2 Å². The number of hydrogen-bond acceptors (Lipinski definition) is 4. The molecule has 1 aromatic heterocycles. The maximum atomic E-state index is 13.0. The van der Waals surface area contributed by atoms with Crippen molar-refractivity contribution in [3.05, 3.63) is 59.7 Å². The number of nitrogens with zero attached hydrogens (tertiary/aromatic N) is 2. The van der Waals surface area contributed by atoms with Gasteiger partial charge in [-0.3, -0.25) is 9.88 Å². The van der Waals surface area contributed by atoms with E-state index in [1.807, 2.05) is 12.1 Å². The lowest BCUT2D eigenvalue weighted by atomic mass is 9.93. The van der Waals surface area contributed by atoms with Crippen molar-refractivity contribution in [3.63, 3.8) is 0 Å². The first kappa shape index (κ1) is 17.8. The highest BCUT2D eigenvalue weighted by Gasteiger charge is 2.33. The average Bonchev–Trinajstić information content (AvgIpc) is 3.01. The fraction of sp³-hybridized carbons (Fsp3) is 0.450. The molecule has 3 rings (SSSR count). The zero-order chi connectivity index (χ0) is 17.8. The molecule has 5 heteroatoms. The quantitative estimate of drug-likeness (QED) is 0.870. The number of rotatable bonds is 6. The highest BCUT2D eigenvalue weighted by Crippen LogP contribution is 2.36. The Labute approximate surface area is 149 Å². The zero-order valence-corrected chi connectivity index (χ0v) is 15.1. The van der Waals surface area contributed by atoms with Crippen LogP contribution >= 0.6 is 0 Å². The van der Waals surface area contributed by atoms with E-state index in [0.29, 0.717) is 12.0 Å². The van der Waals surface area contributed by atoms with Crippen molar-refractivity contribution in [3.8, 4) is 5.75 Å². The van der Waals surface area contributed by atoms with Crippen molar-refractivity contribution in [2.75, 3.05) is 27.2 Å². The van der Waals surface area contributed by atoms with E-state index in [-0.39, 0.29) is 11.9 Å². The molecule has 0 spiro atoms. The zero-order valence-electron chi connectivity index (χ0n) is 15.1. The molecule has 25 heavy (non-hydrogen) atoms. The monoisotopic (exact) mass is 343 g/mol. The third-order valence-corrected chi connectivity index (χ3v) is 5.11. The molecule has 0 amide bonds. The molecule has 1 N–H and O–H groups in total. The summed E-state index contributed by atoms with van der Waals surface area (Å²) in [6.45, 7) is 4.06. The van der Waals surface area contributed by atoms with Crippen LogP contribution in [-0.2, 0) is 0 Å². The molecule has 1 aliphatic rings. The van der Waals surface area contributed by atoms with Crippen molar-refractivity contribution in [2.45, 2.75) is 25.4 Å². The molecule has 1 fully saturated rings. The van der Waals surface area contributed by atoms with Gasteiger partial charge in [0, 0.05) is 18.6 Å². The molecule has 2 aromatic rings. The lowest BCUT2D eigenvalue weighted by Crippen LogP contribution is -2.30. The molecule has 0 saturated carbocycles. The summed E-state index contributed by atoms with van der Waals surface area (Å²) in [5.74, 6) is 1.12. The minimum atomic E-state index is -0.298. The molecular formula is C20H26FN3O. The van der Waals surface area contributed by atoms with Crippen LogP contribution in [0.5, 0.6) is 5.75 Å². The molecule has 4 nitrogen and oxygen atoms in total. The standard InChI is InChI=1S/C20H26FN3O/c1-14(19-9-6-17(21)13-23-19)22-12-16-10-11-24(2)20(16)15-4-7-18(25-3)8-5-15/h4-9,13-14,16,20,22H,10-12H2,1-3H3/t14-,16+,20+/m0/s1. The number of methoxy groups -OCH3 is 1. The highest BCUT2D eigenvalue weighted by molar-refractivity contribution is 5.30.